The Hall–Kier alpha value is -1.79. The van der Waals surface area contributed by atoms with Gasteiger partial charge in [0.05, 0.1) is 0 Å². The van der Waals surface area contributed by atoms with Crippen molar-refractivity contribution < 1.29 is 14.6 Å². The molecule has 0 aromatic heterocycles. The lowest BCUT2D eigenvalue weighted by molar-refractivity contribution is 0.104. The van der Waals surface area contributed by atoms with E-state index in [2.05, 4.69) is 16.0 Å². The Morgan fingerprint density at radius 1 is 1.30 bits per heavy atom. The van der Waals surface area contributed by atoms with E-state index in [4.69, 9.17) is 4.74 Å². The maximum Gasteiger partial charge on any atom is 0.319 e. The molecule has 130 valence electrons. The average Bonchev–Trinajstić information content (AvgIpc) is 2.51. The molecular weight excluding hydrogens is 294 g/mol. The van der Waals surface area contributed by atoms with Gasteiger partial charge in [0.15, 0.2) is 0 Å². The Labute approximate surface area is 138 Å². The van der Waals surface area contributed by atoms with E-state index < -0.39 is 6.10 Å². The third kappa shape index (κ3) is 7.34. The van der Waals surface area contributed by atoms with Crippen molar-refractivity contribution in [2.75, 3.05) is 25.0 Å². The van der Waals surface area contributed by atoms with Crippen LogP contribution in [0.5, 0.6) is 5.75 Å². The molecule has 6 nitrogen and oxygen atoms in total. The second-order valence-electron chi connectivity index (χ2n) is 5.69. The molecule has 0 bridgehead atoms. The molecule has 23 heavy (non-hydrogen) atoms. The topological polar surface area (TPSA) is 82.6 Å². The van der Waals surface area contributed by atoms with Crippen LogP contribution in [0, 0.1) is 0 Å². The van der Waals surface area contributed by atoms with Crippen LogP contribution in [-0.4, -0.2) is 43.0 Å². The second-order valence-corrected chi connectivity index (χ2v) is 5.69. The molecule has 1 aromatic rings. The van der Waals surface area contributed by atoms with E-state index in [1.165, 1.54) is 0 Å². The summed E-state index contributed by atoms with van der Waals surface area (Å²) in [5.74, 6) is 0.734. The average molecular weight is 323 g/mol. The van der Waals surface area contributed by atoms with Gasteiger partial charge in [-0.1, -0.05) is 20.8 Å². The predicted molar refractivity (Wildman–Crippen MR) is 93.2 cm³/mol. The van der Waals surface area contributed by atoms with Gasteiger partial charge in [0, 0.05) is 24.8 Å². The number of hydrogen-bond acceptors (Lipinski definition) is 4. The molecule has 0 aliphatic carbocycles. The first kappa shape index (κ1) is 19.3. The number of aryl methyl sites for hydroxylation is 1. The lowest BCUT2D eigenvalue weighted by atomic mass is 10.1. The number of rotatable bonds is 9. The Morgan fingerprint density at radius 3 is 2.65 bits per heavy atom. The maximum atomic E-state index is 11.5. The van der Waals surface area contributed by atoms with Crippen LogP contribution < -0.4 is 20.7 Å². The number of carbonyl (C=O) groups is 1. The van der Waals surface area contributed by atoms with E-state index in [1.54, 1.807) is 6.07 Å². The largest absolute Gasteiger partial charge is 0.491 e. The minimum atomic E-state index is -0.560. The molecule has 1 unspecified atom stereocenters. The molecule has 0 spiro atoms. The second kappa shape index (κ2) is 10.1. The van der Waals surface area contributed by atoms with Crippen LogP contribution in [-0.2, 0) is 6.42 Å². The van der Waals surface area contributed by atoms with Crippen LogP contribution in [0.15, 0.2) is 18.2 Å². The molecule has 6 heteroatoms. The highest BCUT2D eigenvalue weighted by Crippen LogP contribution is 2.23. The Kier molecular flexibility index (Phi) is 8.43. The highest BCUT2D eigenvalue weighted by atomic mass is 16.5. The number of urea groups is 1. The zero-order valence-electron chi connectivity index (χ0n) is 14.5. The van der Waals surface area contributed by atoms with Crippen molar-refractivity contribution in [3.8, 4) is 5.75 Å². The zero-order chi connectivity index (χ0) is 17.2. The molecule has 0 heterocycles. The van der Waals surface area contributed by atoms with Gasteiger partial charge in [0.2, 0.25) is 0 Å². The molecule has 0 aliphatic rings. The van der Waals surface area contributed by atoms with Crippen molar-refractivity contribution in [1.29, 1.82) is 0 Å². The van der Waals surface area contributed by atoms with Gasteiger partial charge in [-0.15, -0.1) is 0 Å². The van der Waals surface area contributed by atoms with Crippen molar-refractivity contribution in [3.05, 3.63) is 23.8 Å². The summed E-state index contributed by atoms with van der Waals surface area (Å²) in [6.45, 7) is 9.26. The van der Waals surface area contributed by atoms with E-state index in [-0.39, 0.29) is 12.6 Å². The third-order valence-electron chi connectivity index (χ3n) is 3.23. The summed E-state index contributed by atoms with van der Waals surface area (Å²) in [5.41, 5.74) is 1.71. The zero-order valence-corrected chi connectivity index (χ0v) is 14.5. The van der Waals surface area contributed by atoms with Gasteiger partial charge in [0.25, 0.3) is 0 Å². The fourth-order valence-electron chi connectivity index (χ4n) is 2.03. The minimum Gasteiger partial charge on any atom is -0.491 e. The number of aliphatic hydroxyl groups is 1. The molecule has 1 atom stereocenters. The number of carbonyl (C=O) groups excluding carboxylic acids is 1. The van der Waals surface area contributed by atoms with E-state index in [0.717, 1.165) is 23.4 Å². The molecule has 1 aromatic carbocycles. The van der Waals surface area contributed by atoms with Gasteiger partial charge in [-0.2, -0.15) is 0 Å². The molecule has 0 fully saturated rings. The Morgan fingerprint density at radius 2 is 2.04 bits per heavy atom. The summed E-state index contributed by atoms with van der Waals surface area (Å²) in [4.78, 5) is 11.5. The van der Waals surface area contributed by atoms with Gasteiger partial charge in [0.1, 0.15) is 18.5 Å². The highest BCUT2D eigenvalue weighted by molar-refractivity contribution is 5.89. The summed E-state index contributed by atoms with van der Waals surface area (Å²) < 4.78 is 5.71. The number of nitrogens with one attached hydrogen (secondary N) is 3. The molecule has 4 N–H and O–H groups in total. The van der Waals surface area contributed by atoms with E-state index in [9.17, 15) is 9.90 Å². The van der Waals surface area contributed by atoms with Crippen LogP contribution in [0.1, 0.15) is 33.3 Å². The smallest absolute Gasteiger partial charge is 0.319 e. The van der Waals surface area contributed by atoms with Crippen molar-refractivity contribution >= 4 is 11.7 Å². The standard InChI is InChI=1S/C17H29N3O3/c1-5-13-9-14(20-17(22)18-6-2)7-8-16(13)23-11-15(21)10-19-12(3)4/h7-9,12,15,19,21H,5-6,10-11H2,1-4H3,(H2,18,20,22). The van der Waals surface area contributed by atoms with Crippen LogP contribution in [0.25, 0.3) is 0 Å². The van der Waals surface area contributed by atoms with Crippen LogP contribution >= 0.6 is 0 Å². The van der Waals surface area contributed by atoms with E-state index in [0.29, 0.717) is 19.1 Å². The maximum absolute atomic E-state index is 11.5. The lowest BCUT2D eigenvalue weighted by Crippen LogP contribution is -2.35. The summed E-state index contributed by atoms with van der Waals surface area (Å²) >= 11 is 0. The van der Waals surface area contributed by atoms with Crippen molar-refractivity contribution in [1.82, 2.24) is 10.6 Å². The van der Waals surface area contributed by atoms with Gasteiger partial charge in [-0.05, 0) is 37.1 Å². The SMILES string of the molecule is CCNC(=O)Nc1ccc(OCC(O)CNC(C)C)c(CC)c1. The summed E-state index contributed by atoms with van der Waals surface area (Å²) in [6, 6.07) is 5.61. The Balaban J connectivity index is 2.60. The summed E-state index contributed by atoms with van der Waals surface area (Å²) in [6.07, 6.45) is 0.218. The molecule has 0 saturated carbocycles. The summed E-state index contributed by atoms with van der Waals surface area (Å²) in [7, 11) is 0. The number of anilines is 1. The molecular formula is C17H29N3O3. The number of benzene rings is 1. The van der Waals surface area contributed by atoms with Crippen molar-refractivity contribution in [2.24, 2.45) is 0 Å². The third-order valence-corrected chi connectivity index (χ3v) is 3.23. The van der Waals surface area contributed by atoms with Crippen LogP contribution in [0.4, 0.5) is 10.5 Å². The first-order valence-electron chi connectivity index (χ1n) is 8.18. The first-order chi connectivity index (χ1) is 11.0. The van der Waals surface area contributed by atoms with Crippen molar-refractivity contribution in [3.63, 3.8) is 0 Å². The molecule has 0 saturated heterocycles. The number of hydrogen-bond donors (Lipinski definition) is 4. The molecule has 1 rings (SSSR count). The Bertz CT molecular complexity index is 492. The van der Waals surface area contributed by atoms with Crippen molar-refractivity contribution in [2.45, 2.75) is 46.3 Å². The molecule has 0 aliphatic heterocycles. The van der Waals surface area contributed by atoms with Gasteiger partial charge in [-0.3, -0.25) is 0 Å². The quantitative estimate of drug-likeness (QED) is 0.561. The first-order valence-corrected chi connectivity index (χ1v) is 8.18. The minimum absolute atomic E-state index is 0.224. The van der Waals surface area contributed by atoms with Crippen LogP contribution in [0.2, 0.25) is 0 Å². The van der Waals surface area contributed by atoms with Gasteiger partial charge < -0.3 is 25.8 Å². The van der Waals surface area contributed by atoms with E-state index in [1.807, 2.05) is 39.8 Å². The van der Waals surface area contributed by atoms with Gasteiger partial charge in [-0.25, -0.2) is 4.79 Å². The number of aliphatic hydroxyl groups excluding tert-OH is 1. The van der Waals surface area contributed by atoms with Gasteiger partial charge >= 0.3 is 6.03 Å². The fraction of sp³-hybridized carbons (Fsp3) is 0.588. The molecule has 0 radical (unpaired) electrons. The summed E-state index contributed by atoms with van der Waals surface area (Å²) in [5, 5.41) is 18.5. The monoisotopic (exact) mass is 323 g/mol. The molecule has 2 amide bonds. The van der Waals surface area contributed by atoms with E-state index >= 15 is 0 Å². The van der Waals surface area contributed by atoms with Crippen LogP contribution in [0.3, 0.4) is 0 Å². The number of ether oxygens (including phenoxy) is 1. The highest BCUT2D eigenvalue weighted by Gasteiger charge is 2.09. The predicted octanol–water partition coefficient (Wildman–Crippen LogP) is 2.13. The normalized spacial score (nSPS) is 12.1. The lowest BCUT2D eigenvalue weighted by Gasteiger charge is -2.17. The fourth-order valence-corrected chi connectivity index (χ4v) is 2.03. The number of amides is 2.